The summed E-state index contributed by atoms with van der Waals surface area (Å²) in [5.74, 6) is 0.314. The molecule has 1 heterocycles. The zero-order valence-corrected chi connectivity index (χ0v) is 11.3. The number of hydrogen-bond donors (Lipinski definition) is 1. The van der Waals surface area contributed by atoms with Gasteiger partial charge < -0.3 is 19.5 Å². The van der Waals surface area contributed by atoms with Crippen LogP contribution in [0.2, 0.25) is 0 Å². The van der Waals surface area contributed by atoms with Gasteiger partial charge in [-0.05, 0) is 19.3 Å². The molecule has 5 heteroatoms. The maximum Gasteiger partial charge on any atom is 0.223 e. The van der Waals surface area contributed by atoms with Gasteiger partial charge in [-0.3, -0.25) is 4.79 Å². The molecule has 1 rings (SSSR count). The summed E-state index contributed by atoms with van der Waals surface area (Å²) in [7, 11) is 1.65. The van der Waals surface area contributed by atoms with Crippen LogP contribution >= 0.6 is 0 Å². The molecule has 0 radical (unpaired) electrons. The number of hydrogen-bond acceptors (Lipinski definition) is 4. The lowest BCUT2D eigenvalue weighted by molar-refractivity contribution is -0.125. The minimum Gasteiger partial charge on any atom is -0.382 e. The van der Waals surface area contributed by atoms with E-state index in [1.807, 2.05) is 0 Å². The monoisotopic (exact) mass is 259 g/mol. The van der Waals surface area contributed by atoms with Crippen LogP contribution in [0.5, 0.6) is 0 Å². The number of amides is 1. The van der Waals surface area contributed by atoms with Crippen LogP contribution in [-0.4, -0.2) is 52.6 Å². The summed E-state index contributed by atoms with van der Waals surface area (Å²) in [4.78, 5) is 11.6. The first-order valence-corrected chi connectivity index (χ1v) is 6.76. The molecule has 0 aromatic carbocycles. The van der Waals surface area contributed by atoms with Crippen LogP contribution < -0.4 is 5.32 Å². The lowest BCUT2D eigenvalue weighted by Crippen LogP contribution is -2.29. The lowest BCUT2D eigenvalue weighted by atomic mass is 9.99. The van der Waals surface area contributed by atoms with Crippen LogP contribution in [0, 0.1) is 5.92 Å². The number of ether oxygens (including phenoxy) is 3. The van der Waals surface area contributed by atoms with Gasteiger partial charge in [0.15, 0.2) is 0 Å². The summed E-state index contributed by atoms with van der Waals surface area (Å²) in [6.45, 7) is 3.83. The Morgan fingerprint density at radius 2 is 1.83 bits per heavy atom. The molecule has 1 fully saturated rings. The van der Waals surface area contributed by atoms with E-state index in [2.05, 4.69) is 5.32 Å². The molecule has 1 unspecified atom stereocenters. The molecule has 106 valence electrons. The standard InChI is InChI=1S/C13H25NO4/c1-16-8-9-18-11-10-17-7-5-12-4-2-3-6-14-13(12)15/h12H,2-11H2,1H3,(H,14,15). The van der Waals surface area contributed by atoms with Crippen LogP contribution in [0.4, 0.5) is 0 Å². The van der Waals surface area contributed by atoms with Crippen LogP contribution in [0.1, 0.15) is 25.7 Å². The second-order valence-electron chi connectivity index (χ2n) is 4.49. The SMILES string of the molecule is COCCOCCOCCC1CCCCNC1=O. The lowest BCUT2D eigenvalue weighted by Gasteiger charge is -2.13. The number of methoxy groups -OCH3 is 1. The van der Waals surface area contributed by atoms with Crippen molar-refractivity contribution in [2.24, 2.45) is 5.92 Å². The molecule has 0 bridgehead atoms. The third kappa shape index (κ3) is 6.93. The molecular formula is C13H25NO4. The molecule has 0 spiro atoms. The summed E-state index contributed by atoms with van der Waals surface area (Å²) in [5, 5.41) is 2.94. The van der Waals surface area contributed by atoms with Gasteiger partial charge in [-0.2, -0.15) is 0 Å². The number of carbonyl (C=O) groups excluding carboxylic acids is 1. The second-order valence-corrected chi connectivity index (χ2v) is 4.49. The highest BCUT2D eigenvalue weighted by atomic mass is 16.5. The summed E-state index contributed by atoms with van der Waals surface area (Å²) >= 11 is 0. The first-order chi connectivity index (χ1) is 8.84. The van der Waals surface area contributed by atoms with Crippen molar-refractivity contribution in [2.45, 2.75) is 25.7 Å². The molecule has 1 aliphatic heterocycles. The molecule has 1 N–H and O–H groups in total. The van der Waals surface area contributed by atoms with Crippen molar-refractivity contribution in [3.8, 4) is 0 Å². The van der Waals surface area contributed by atoms with Gasteiger partial charge in [0.2, 0.25) is 5.91 Å². The Bertz CT molecular complexity index is 223. The van der Waals surface area contributed by atoms with Crippen molar-refractivity contribution < 1.29 is 19.0 Å². The van der Waals surface area contributed by atoms with E-state index in [0.717, 1.165) is 32.2 Å². The molecule has 0 aromatic heterocycles. The first kappa shape index (κ1) is 15.4. The van der Waals surface area contributed by atoms with Crippen LogP contribution in [0.3, 0.4) is 0 Å². The Balaban J connectivity index is 1.94. The van der Waals surface area contributed by atoms with E-state index in [1.165, 1.54) is 0 Å². The van der Waals surface area contributed by atoms with Gasteiger partial charge in [0.05, 0.1) is 26.4 Å². The predicted molar refractivity (Wildman–Crippen MR) is 68.5 cm³/mol. The minimum atomic E-state index is 0.127. The summed E-state index contributed by atoms with van der Waals surface area (Å²) < 4.78 is 15.6. The van der Waals surface area contributed by atoms with Gasteiger partial charge in [-0.15, -0.1) is 0 Å². The summed E-state index contributed by atoms with van der Waals surface area (Å²) in [6.07, 6.45) is 4.02. The van der Waals surface area contributed by atoms with Gasteiger partial charge >= 0.3 is 0 Å². The molecule has 1 aliphatic rings. The Labute approximate surface area is 109 Å². The maximum absolute atomic E-state index is 11.6. The van der Waals surface area contributed by atoms with Crippen molar-refractivity contribution in [2.75, 3.05) is 46.7 Å². The second kappa shape index (κ2) is 10.3. The fourth-order valence-corrected chi connectivity index (χ4v) is 1.97. The van der Waals surface area contributed by atoms with Crippen LogP contribution in [0.25, 0.3) is 0 Å². The largest absolute Gasteiger partial charge is 0.382 e. The molecule has 1 atom stereocenters. The molecule has 1 amide bonds. The first-order valence-electron chi connectivity index (χ1n) is 6.76. The van der Waals surface area contributed by atoms with E-state index in [9.17, 15) is 4.79 Å². The zero-order chi connectivity index (χ0) is 13.1. The summed E-state index contributed by atoms with van der Waals surface area (Å²) in [5.41, 5.74) is 0. The smallest absolute Gasteiger partial charge is 0.223 e. The van der Waals surface area contributed by atoms with E-state index < -0.39 is 0 Å². The van der Waals surface area contributed by atoms with Crippen molar-refractivity contribution >= 4 is 5.91 Å². The third-order valence-electron chi connectivity index (χ3n) is 3.06. The Morgan fingerprint density at radius 3 is 2.61 bits per heavy atom. The highest BCUT2D eigenvalue weighted by Crippen LogP contribution is 2.15. The molecule has 1 saturated heterocycles. The predicted octanol–water partition coefficient (Wildman–Crippen LogP) is 0.972. The quantitative estimate of drug-likeness (QED) is 0.627. The van der Waals surface area contributed by atoms with Crippen molar-refractivity contribution in [3.63, 3.8) is 0 Å². The number of carbonyl (C=O) groups is 1. The van der Waals surface area contributed by atoms with Crippen LogP contribution in [-0.2, 0) is 19.0 Å². The molecule has 0 saturated carbocycles. The molecule has 0 aromatic rings. The van der Waals surface area contributed by atoms with Crippen molar-refractivity contribution in [1.29, 1.82) is 0 Å². The topological polar surface area (TPSA) is 56.8 Å². The van der Waals surface area contributed by atoms with E-state index in [1.54, 1.807) is 7.11 Å². The summed E-state index contributed by atoms with van der Waals surface area (Å²) in [6, 6.07) is 0. The van der Waals surface area contributed by atoms with Gasteiger partial charge in [0.1, 0.15) is 0 Å². The third-order valence-corrected chi connectivity index (χ3v) is 3.06. The van der Waals surface area contributed by atoms with E-state index >= 15 is 0 Å². The van der Waals surface area contributed by atoms with E-state index in [4.69, 9.17) is 14.2 Å². The highest BCUT2D eigenvalue weighted by Gasteiger charge is 2.19. The van der Waals surface area contributed by atoms with E-state index in [0.29, 0.717) is 33.0 Å². The fourth-order valence-electron chi connectivity index (χ4n) is 1.97. The Morgan fingerprint density at radius 1 is 1.11 bits per heavy atom. The van der Waals surface area contributed by atoms with E-state index in [-0.39, 0.29) is 11.8 Å². The average Bonchev–Trinajstić information content (AvgIpc) is 2.58. The number of nitrogens with one attached hydrogen (secondary N) is 1. The minimum absolute atomic E-state index is 0.127. The Kier molecular flexibility index (Phi) is 8.81. The molecule has 5 nitrogen and oxygen atoms in total. The highest BCUT2D eigenvalue weighted by molar-refractivity contribution is 5.78. The maximum atomic E-state index is 11.6. The normalized spacial score (nSPS) is 20.5. The zero-order valence-electron chi connectivity index (χ0n) is 11.3. The molecule has 0 aliphatic carbocycles. The van der Waals surface area contributed by atoms with Crippen LogP contribution in [0.15, 0.2) is 0 Å². The average molecular weight is 259 g/mol. The molecular weight excluding hydrogens is 234 g/mol. The van der Waals surface area contributed by atoms with Crippen molar-refractivity contribution in [3.05, 3.63) is 0 Å². The van der Waals surface area contributed by atoms with Gasteiger partial charge in [-0.1, -0.05) is 6.42 Å². The molecule has 18 heavy (non-hydrogen) atoms. The van der Waals surface area contributed by atoms with Crippen molar-refractivity contribution in [1.82, 2.24) is 5.32 Å². The van der Waals surface area contributed by atoms with Gasteiger partial charge in [0.25, 0.3) is 0 Å². The van der Waals surface area contributed by atoms with Gasteiger partial charge in [0, 0.05) is 26.2 Å². The van der Waals surface area contributed by atoms with Gasteiger partial charge in [-0.25, -0.2) is 0 Å². The number of rotatable bonds is 9. The Hall–Kier alpha value is -0.650. The fraction of sp³-hybridized carbons (Fsp3) is 0.923.